The Morgan fingerprint density at radius 2 is 0.556 bits per heavy atom. The van der Waals surface area contributed by atoms with Crippen molar-refractivity contribution in [3.8, 4) is 44.5 Å². The van der Waals surface area contributed by atoms with Gasteiger partial charge in [0, 0.05) is 34.1 Å². The Morgan fingerprint density at radius 3 is 0.873 bits per heavy atom. The molecule has 2 heteroatoms. The molecule has 0 aliphatic carbocycles. The van der Waals surface area contributed by atoms with E-state index in [1.807, 2.05) is 12.2 Å². The van der Waals surface area contributed by atoms with Gasteiger partial charge in [-0.1, -0.05) is 195 Å². The summed E-state index contributed by atoms with van der Waals surface area (Å²) < 4.78 is 0. The molecule has 0 aliphatic rings. The monoisotopic (exact) mass is 808 g/mol. The second kappa shape index (κ2) is 19.0. The number of anilines is 6. The minimum atomic E-state index is 1.09. The highest BCUT2D eigenvalue weighted by Crippen LogP contribution is 2.39. The van der Waals surface area contributed by atoms with Gasteiger partial charge < -0.3 is 9.80 Å². The van der Waals surface area contributed by atoms with E-state index in [0.717, 1.165) is 45.3 Å². The zero-order valence-corrected chi connectivity index (χ0v) is 35.4. The van der Waals surface area contributed by atoms with Gasteiger partial charge in [0.05, 0.1) is 0 Å². The number of allylic oxidation sites excluding steroid dienone is 5. The van der Waals surface area contributed by atoms with Crippen molar-refractivity contribution in [3.05, 3.63) is 273 Å². The highest BCUT2D eigenvalue weighted by molar-refractivity contribution is 5.83. The highest BCUT2D eigenvalue weighted by Gasteiger charge is 2.15. The molecule has 0 aromatic heterocycles. The van der Waals surface area contributed by atoms with Crippen LogP contribution in [0.15, 0.2) is 267 Å². The van der Waals surface area contributed by atoms with Crippen molar-refractivity contribution in [1.29, 1.82) is 0 Å². The summed E-state index contributed by atoms with van der Waals surface area (Å²) in [5.41, 5.74) is 18.5. The third-order valence-corrected chi connectivity index (χ3v) is 11.5. The zero-order chi connectivity index (χ0) is 42.8. The van der Waals surface area contributed by atoms with Crippen LogP contribution >= 0.6 is 0 Å². The Balaban J connectivity index is 0.943. The summed E-state index contributed by atoms with van der Waals surface area (Å²) in [5.74, 6) is 0. The molecule has 0 saturated heterocycles. The molecule has 0 amide bonds. The van der Waals surface area contributed by atoms with Gasteiger partial charge in [0.2, 0.25) is 0 Å². The maximum atomic E-state index is 3.76. The molecule has 63 heavy (non-hydrogen) atoms. The minimum Gasteiger partial charge on any atom is -0.311 e. The first kappa shape index (κ1) is 40.2. The fourth-order valence-electron chi connectivity index (χ4n) is 8.05. The lowest BCUT2D eigenvalue weighted by atomic mass is 10.00. The summed E-state index contributed by atoms with van der Waals surface area (Å²) in [6.07, 6.45) is 7.87. The van der Waals surface area contributed by atoms with Crippen molar-refractivity contribution in [2.24, 2.45) is 0 Å². The van der Waals surface area contributed by atoms with Crippen LogP contribution in [0.4, 0.5) is 34.1 Å². The van der Waals surface area contributed by atoms with E-state index in [-0.39, 0.29) is 0 Å². The molecule has 0 unspecified atom stereocenters. The van der Waals surface area contributed by atoms with Gasteiger partial charge >= 0.3 is 0 Å². The molecule has 9 aromatic carbocycles. The Bertz CT molecular complexity index is 2930. The van der Waals surface area contributed by atoms with Gasteiger partial charge in [-0.15, -0.1) is 0 Å². The summed E-state index contributed by atoms with van der Waals surface area (Å²) in [4.78, 5) is 4.63. The van der Waals surface area contributed by atoms with Crippen molar-refractivity contribution >= 4 is 39.7 Å². The largest absolute Gasteiger partial charge is 0.311 e. The molecule has 2 nitrogen and oxygen atoms in total. The molecule has 0 atom stereocenters. The van der Waals surface area contributed by atoms with E-state index in [1.165, 1.54) is 44.5 Å². The predicted molar refractivity (Wildman–Crippen MR) is 271 cm³/mol. The fraction of sp³-hybridized carbons (Fsp3) is 0.0164. The van der Waals surface area contributed by atoms with Gasteiger partial charge in [0.15, 0.2) is 0 Å². The van der Waals surface area contributed by atoms with Crippen LogP contribution < -0.4 is 9.80 Å². The van der Waals surface area contributed by atoms with Crippen LogP contribution in [0.1, 0.15) is 12.5 Å². The Labute approximate surface area is 372 Å². The summed E-state index contributed by atoms with van der Waals surface area (Å²) in [6.45, 7) is 5.89. The van der Waals surface area contributed by atoms with Crippen molar-refractivity contribution in [3.63, 3.8) is 0 Å². The summed E-state index contributed by atoms with van der Waals surface area (Å²) >= 11 is 0. The number of hydrogen-bond acceptors (Lipinski definition) is 2. The number of rotatable bonds is 13. The van der Waals surface area contributed by atoms with Gasteiger partial charge in [-0.05, 0) is 135 Å². The van der Waals surface area contributed by atoms with Gasteiger partial charge in [0.25, 0.3) is 0 Å². The highest BCUT2D eigenvalue weighted by atomic mass is 15.1. The molecule has 0 N–H and O–H groups in total. The number of nitrogens with zero attached hydrogens (tertiary/aromatic N) is 2. The number of benzene rings is 9. The van der Waals surface area contributed by atoms with Crippen LogP contribution in [0.25, 0.3) is 50.1 Å². The summed E-state index contributed by atoms with van der Waals surface area (Å²) in [7, 11) is 0. The molecule has 0 aliphatic heterocycles. The van der Waals surface area contributed by atoms with Crippen LogP contribution in [0.2, 0.25) is 0 Å². The molecule has 0 bridgehead atoms. The summed E-state index contributed by atoms with van der Waals surface area (Å²) in [5, 5.41) is 0. The number of hydrogen-bond donors (Lipinski definition) is 0. The van der Waals surface area contributed by atoms with E-state index in [2.05, 4.69) is 266 Å². The maximum Gasteiger partial charge on any atom is 0.0462 e. The Morgan fingerprint density at radius 1 is 0.302 bits per heavy atom. The molecule has 0 fully saturated rings. The lowest BCUT2D eigenvalue weighted by Crippen LogP contribution is -2.10. The van der Waals surface area contributed by atoms with Crippen molar-refractivity contribution in [1.82, 2.24) is 0 Å². The lowest BCUT2D eigenvalue weighted by Gasteiger charge is -2.26. The van der Waals surface area contributed by atoms with Crippen LogP contribution in [0.3, 0.4) is 0 Å². The summed E-state index contributed by atoms with van der Waals surface area (Å²) in [6, 6.07) is 84.7. The standard InChI is InChI=1S/C61H48N2/c1-3-4-8-15-46(2)47-22-24-50(25-23-47)52-30-38-58(39-31-52)62(56-18-11-6-12-19-56)60-42-34-54(35-43-60)55-36-44-61(45-37-55)63(57-20-13-7-14-21-57)59-40-32-53(33-41-59)51-28-26-49(27-29-51)48-16-9-5-10-17-48/h3-45H,1H2,2H3/b8-4-,46-15+. The third kappa shape index (κ3) is 9.27. The molecule has 0 radical (unpaired) electrons. The van der Waals surface area contributed by atoms with Gasteiger partial charge in [-0.25, -0.2) is 0 Å². The van der Waals surface area contributed by atoms with Gasteiger partial charge in [-0.3, -0.25) is 0 Å². The third-order valence-electron chi connectivity index (χ3n) is 11.5. The molecule has 0 saturated carbocycles. The Kier molecular flexibility index (Phi) is 12.1. The molecule has 9 aromatic rings. The first-order valence-corrected chi connectivity index (χ1v) is 21.4. The van der Waals surface area contributed by atoms with Crippen LogP contribution in [-0.4, -0.2) is 0 Å². The Hall–Kier alpha value is -8.20. The van der Waals surface area contributed by atoms with E-state index < -0.39 is 0 Å². The van der Waals surface area contributed by atoms with E-state index in [9.17, 15) is 0 Å². The van der Waals surface area contributed by atoms with E-state index >= 15 is 0 Å². The molecule has 302 valence electrons. The quantitative estimate of drug-likeness (QED) is 0.107. The maximum absolute atomic E-state index is 3.76. The smallest absolute Gasteiger partial charge is 0.0462 e. The first-order valence-electron chi connectivity index (χ1n) is 21.4. The van der Waals surface area contributed by atoms with Gasteiger partial charge in [0.1, 0.15) is 0 Å². The van der Waals surface area contributed by atoms with E-state index in [4.69, 9.17) is 0 Å². The minimum absolute atomic E-state index is 1.09. The SMILES string of the molecule is C=C/C=C\C=C(/C)c1ccc(-c2ccc(N(c3ccccc3)c3ccc(-c4ccc(N(c5ccccc5)c5ccc(-c6ccc(-c7ccccc7)cc6)cc5)cc4)cc3)cc2)cc1. The molecule has 9 rings (SSSR count). The molecular formula is C61H48N2. The average molecular weight is 809 g/mol. The van der Waals surface area contributed by atoms with Crippen molar-refractivity contribution in [2.45, 2.75) is 6.92 Å². The number of para-hydroxylation sites is 2. The van der Waals surface area contributed by atoms with Crippen molar-refractivity contribution in [2.75, 3.05) is 9.80 Å². The van der Waals surface area contributed by atoms with E-state index in [0.29, 0.717) is 0 Å². The van der Waals surface area contributed by atoms with Crippen LogP contribution in [-0.2, 0) is 0 Å². The lowest BCUT2D eigenvalue weighted by molar-refractivity contribution is 1.28. The van der Waals surface area contributed by atoms with Crippen LogP contribution in [0.5, 0.6) is 0 Å². The molecular weight excluding hydrogens is 761 g/mol. The topological polar surface area (TPSA) is 6.48 Å². The fourth-order valence-corrected chi connectivity index (χ4v) is 8.05. The molecule has 0 spiro atoms. The van der Waals surface area contributed by atoms with Gasteiger partial charge in [-0.2, -0.15) is 0 Å². The second-order valence-electron chi connectivity index (χ2n) is 15.5. The predicted octanol–water partition coefficient (Wildman–Crippen LogP) is 17.4. The van der Waals surface area contributed by atoms with Crippen molar-refractivity contribution < 1.29 is 0 Å². The zero-order valence-electron chi connectivity index (χ0n) is 35.4. The first-order chi connectivity index (χ1) is 31.1. The average Bonchev–Trinajstić information content (AvgIpc) is 3.36. The van der Waals surface area contributed by atoms with E-state index in [1.54, 1.807) is 6.08 Å². The normalized spacial score (nSPS) is 11.3. The molecule has 0 heterocycles. The second-order valence-corrected chi connectivity index (χ2v) is 15.5. The van der Waals surface area contributed by atoms with Crippen LogP contribution in [0, 0.1) is 0 Å².